The van der Waals surface area contributed by atoms with Crippen LogP contribution in [0.5, 0.6) is 0 Å². The molecule has 0 aliphatic heterocycles. The molecule has 0 heteroatoms. The molecule has 2 fully saturated rings. The Morgan fingerprint density at radius 1 is 1.25 bits per heavy atom. The van der Waals surface area contributed by atoms with E-state index in [4.69, 9.17) is 0 Å². The lowest BCUT2D eigenvalue weighted by Crippen LogP contribution is -2.04. The lowest BCUT2D eigenvalue weighted by molar-refractivity contribution is 0.362. The van der Waals surface area contributed by atoms with E-state index in [0.29, 0.717) is 0 Å². The lowest BCUT2D eigenvalue weighted by Gasteiger charge is -2.15. The van der Waals surface area contributed by atoms with Gasteiger partial charge in [-0.1, -0.05) is 26.2 Å². The second kappa shape index (κ2) is 1.49. The summed E-state index contributed by atoms with van der Waals surface area (Å²) in [5, 5.41) is 0. The minimum atomic E-state index is 1.08. The highest BCUT2D eigenvalue weighted by Crippen LogP contribution is 2.52. The van der Waals surface area contributed by atoms with Gasteiger partial charge in [-0.05, 0) is 24.2 Å². The van der Waals surface area contributed by atoms with Gasteiger partial charge in [0.2, 0.25) is 0 Å². The summed E-state index contributed by atoms with van der Waals surface area (Å²) in [4.78, 5) is 0. The monoisotopic (exact) mass is 110 g/mol. The SMILES string of the molecule is C[C@H]1CCC[C@@H]2C[C@@H]21. The summed E-state index contributed by atoms with van der Waals surface area (Å²) >= 11 is 0. The molecule has 2 aliphatic carbocycles. The Kier molecular flexibility index (Phi) is 0.902. The fourth-order valence-corrected chi connectivity index (χ4v) is 2.22. The maximum atomic E-state index is 2.42. The summed E-state index contributed by atoms with van der Waals surface area (Å²) in [7, 11) is 0. The van der Waals surface area contributed by atoms with Crippen LogP contribution in [0, 0.1) is 17.8 Å². The van der Waals surface area contributed by atoms with Crippen LogP contribution in [0.15, 0.2) is 0 Å². The van der Waals surface area contributed by atoms with Crippen molar-refractivity contribution in [2.24, 2.45) is 17.8 Å². The molecule has 0 aromatic heterocycles. The summed E-state index contributed by atoms with van der Waals surface area (Å²) in [6.07, 6.45) is 6.15. The quantitative estimate of drug-likeness (QED) is 0.449. The second-order valence-electron chi connectivity index (χ2n) is 3.57. The molecule has 0 nitrogen and oxygen atoms in total. The molecule has 0 aromatic carbocycles. The van der Waals surface area contributed by atoms with Crippen LogP contribution in [0.3, 0.4) is 0 Å². The van der Waals surface area contributed by atoms with E-state index in [1.807, 2.05) is 0 Å². The van der Waals surface area contributed by atoms with E-state index in [0.717, 1.165) is 5.92 Å². The van der Waals surface area contributed by atoms with Crippen molar-refractivity contribution in [3.05, 3.63) is 0 Å². The molecule has 2 aliphatic rings. The van der Waals surface area contributed by atoms with E-state index >= 15 is 0 Å². The second-order valence-corrected chi connectivity index (χ2v) is 3.57. The molecule has 2 saturated carbocycles. The standard InChI is InChI=1S/C8H14/c1-6-3-2-4-7-5-8(6)7/h6-8H,2-5H2,1H3/t6-,7+,8+/m0/s1. The third-order valence-corrected chi connectivity index (χ3v) is 2.94. The molecule has 0 radical (unpaired) electrons. The molecule has 0 bridgehead atoms. The molecule has 0 spiro atoms. The molecule has 46 valence electrons. The molecule has 0 amide bonds. The van der Waals surface area contributed by atoms with Crippen LogP contribution < -0.4 is 0 Å². The number of rotatable bonds is 0. The first-order valence-corrected chi connectivity index (χ1v) is 3.88. The molecule has 0 aromatic rings. The first-order valence-electron chi connectivity index (χ1n) is 3.88. The van der Waals surface area contributed by atoms with Crippen LogP contribution in [-0.2, 0) is 0 Å². The first kappa shape index (κ1) is 4.84. The first-order chi connectivity index (χ1) is 3.88. The van der Waals surface area contributed by atoms with Crippen LogP contribution in [0.25, 0.3) is 0 Å². The van der Waals surface area contributed by atoms with E-state index in [9.17, 15) is 0 Å². The largest absolute Gasteiger partial charge is 0.0622 e. The Morgan fingerprint density at radius 2 is 2.12 bits per heavy atom. The van der Waals surface area contributed by atoms with E-state index in [1.54, 1.807) is 12.8 Å². The van der Waals surface area contributed by atoms with Crippen molar-refractivity contribution < 1.29 is 0 Å². The zero-order valence-electron chi connectivity index (χ0n) is 5.56. The number of fused-ring (bicyclic) bond motifs is 1. The maximum Gasteiger partial charge on any atom is -0.0357 e. The van der Waals surface area contributed by atoms with Gasteiger partial charge in [-0.3, -0.25) is 0 Å². The van der Waals surface area contributed by atoms with Crippen molar-refractivity contribution in [1.82, 2.24) is 0 Å². The van der Waals surface area contributed by atoms with Gasteiger partial charge >= 0.3 is 0 Å². The molecule has 0 heterocycles. The van der Waals surface area contributed by atoms with Gasteiger partial charge in [0.1, 0.15) is 0 Å². The fourth-order valence-electron chi connectivity index (χ4n) is 2.22. The predicted molar refractivity (Wildman–Crippen MR) is 34.6 cm³/mol. The predicted octanol–water partition coefficient (Wildman–Crippen LogP) is 2.44. The normalized spacial score (nSPS) is 52.9. The molecule has 2 rings (SSSR count). The molecule has 0 N–H and O–H groups in total. The van der Waals surface area contributed by atoms with Crippen molar-refractivity contribution in [3.63, 3.8) is 0 Å². The average Bonchev–Trinajstić information content (AvgIpc) is 2.45. The molecule has 3 atom stereocenters. The Balaban J connectivity index is 1.99. The smallest absolute Gasteiger partial charge is 0.0357 e. The molecular formula is C8H14. The molecular weight excluding hydrogens is 96.1 g/mol. The third-order valence-electron chi connectivity index (χ3n) is 2.94. The zero-order chi connectivity index (χ0) is 5.56. The highest BCUT2D eigenvalue weighted by molar-refractivity contribution is 4.92. The average molecular weight is 110 g/mol. The van der Waals surface area contributed by atoms with Gasteiger partial charge in [-0.15, -0.1) is 0 Å². The van der Waals surface area contributed by atoms with Crippen LogP contribution in [0.1, 0.15) is 32.6 Å². The highest BCUT2D eigenvalue weighted by Gasteiger charge is 2.42. The Bertz CT molecular complexity index is 96.2. The van der Waals surface area contributed by atoms with E-state index in [-0.39, 0.29) is 0 Å². The van der Waals surface area contributed by atoms with Gasteiger partial charge in [0.05, 0.1) is 0 Å². The fraction of sp³-hybridized carbons (Fsp3) is 1.00. The summed E-state index contributed by atoms with van der Waals surface area (Å²) in [5.41, 5.74) is 0. The van der Waals surface area contributed by atoms with E-state index in [2.05, 4.69) is 6.92 Å². The van der Waals surface area contributed by atoms with Gasteiger partial charge in [-0.2, -0.15) is 0 Å². The summed E-state index contributed by atoms with van der Waals surface area (Å²) in [5.74, 6) is 3.43. The molecule has 0 unspecified atom stereocenters. The van der Waals surface area contributed by atoms with Gasteiger partial charge in [0.25, 0.3) is 0 Å². The lowest BCUT2D eigenvalue weighted by atomic mass is 9.91. The summed E-state index contributed by atoms with van der Waals surface area (Å²) in [6, 6.07) is 0. The summed E-state index contributed by atoms with van der Waals surface area (Å²) in [6.45, 7) is 2.42. The van der Waals surface area contributed by atoms with Gasteiger partial charge in [-0.25, -0.2) is 0 Å². The number of hydrogen-bond acceptors (Lipinski definition) is 0. The zero-order valence-corrected chi connectivity index (χ0v) is 5.56. The number of hydrogen-bond donors (Lipinski definition) is 0. The van der Waals surface area contributed by atoms with Gasteiger partial charge < -0.3 is 0 Å². The Morgan fingerprint density at radius 3 is 2.75 bits per heavy atom. The van der Waals surface area contributed by atoms with Crippen molar-refractivity contribution >= 4 is 0 Å². The third kappa shape index (κ3) is 0.586. The molecule has 0 saturated heterocycles. The van der Waals surface area contributed by atoms with Crippen molar-refractivity contribution in [3.8, 4) is 0 Å². The summed E-state index contributed by atoms with van der Waals surface area (Å²) < 4.78 is 0. The van der Waals surface area contributed by atoms with Crippen LogP contribution in [0.2, 0.25) is 0 Å². The topological polar surface area (TPSA) is 0 Å². The minimum absolute atomic E-state index is 1.08. The van der Waals surface area contributed by atoms with E-state index in [1.165, 1.54) is 24.7 Å². The van der Waals surface area contributed by atoms with Gasteiger partial charge in [0, 0.05) is 0 Å². The van der Waals surface area contributed by atoms with Gasteiger partial charge in [0.15, 0.2) is 0 Å². The Labute approximate surface area is 51.3 Å². The minimum Gasteiger partial charge on any atom is -0.0622 e. The van der Waals surface area contributed by atoms with Crippen molar-refractivity contribution in [1.29, 1.82) is 0 Å². The highest BCUT2D eigenvalue weighted by atomic mass is 14.5. The Hall–Kier alpha value is 0. The van der Waals surface area contributed by atoms with Crippen LogP contribution in [-0.4, -0.2) is 0 Å². The van der Waals surface area contributed by atoms with Crippen molar-refractivity contribution in [2.45, 2.75) is 32.6 Å². The maximum absolute atomic E-state index is 2.42. The van der Waals surface area contributed by atoms with E-state index < -0.39 is 0 Å². The van der Waals surface area contributed by atoms with Crippen molar-refractivity contribution in [2.75, 3.05) is 0 Å². The van der Waals surface area contributed by atoms with Crippen LogP contribution >= 0.6 is 0 Å². The molecule has 8 heavy (non-hydrogen) atoms. The van der Waals surface area contributed by atoms with Crippen LogP contribution in [0.4, 0.5) is 0 Å².